The van der Waals surface area contributed by atoms with E-state index in [2.05, 4.69) is 20.4 Å². The minimum absolute atomic E-state index is 0.0132. The van der Waals surface area contributed by atoms with Crippen LogP contribution < -0.4 is 5.32 Å². The first kappa shape index (κ1) is 20.6. The lowest BCUT2D eigenvalue weighted by molar-refractivity contribution is -0.119. The molecule has 0 aliphatic carbocycles. The number of carbonyl (C=O) groups is 1. The SMILES string of the molecule is CC[C@@H](C)NC(=O)CSc1nc2nc(C)c(Cc3cccc(Cl)c3)c(C)n2n1. The van der Waals surface area contributed by atoms with Gasteiger partial charge in [0.2, 0.25) is 11.1 Å². The third kappa shape index (κ3) is 4.83. The second kappa shape index (κ2) is 8.92. The van der Waals surface area contributed by atoms with Crippen LogP contribution in [0.15, 0.2) is 29.4 Å². The van der Waals surface area contributed by atoms with Crippen LogP contribution in [0.25, 0.3) is 5.78 Å². The summed E-state index contributed by atoms with van der Waals surface area (Å²) in [5, 5.41) is 8.76. The molecule has 0 saturated heterocycles. The molecule has 28 heavy (non-hydrogen) atoms. The van der Waals surface area contributed by atoms with Crippen molar-refractivity contribution in [3.05, 3.63) is 51.8 Å². The number of fused-ring (bicyclic) bond motifs is 1. The molecule has 0 spiro atoms. The van der Waals surface area contributed by atoms with Gasteiger partial charge in [0.25, 0.3) is 5.78 Å². The van der Waals surface area contributed by atoms with E-state index < -0.39 is 0 Å². The Kier molecular flexibility index (Phi) is 6.57. The van der Waals surface area contributed by atoms with Crippen LogP contribution >= 0.6 is 23.4 Å². The van der Waals surface area contributed by atoms with Crippen molar-refractivity contribution in [1.29, 1.82) is 0 Å². The Morgan fingerprint density at radius 3 is 2.82 bits per heavy atom. The predicted octanol–water partition coefficient (Wildman–Crippen LogP) is 3.99. The molecule has 2 aromatic heterocycles. The van der Waals surface area contributed by atoms with Crippen LogP contribution in [0.4, 0.5) is 0 Å². The van der Waals surface area contributed by atoms with Crippen LogP contribution in [0.2, 0.25) is 5.02 Å². The fourth-order valence-corrected chi connectivity index (χ4v) is 3.75. The standard InChI is InChI=1S/C20H24ClN5OS/c1-5-12(2)22-18(27)11-28-20-24-19-23-13(3)17(14(4)26(19)25-20)10-15-7-6-8-16(21)9-15/h6-9,12H,5,10-11H2,1-4H3,(H,22,27)/t12-/m1/s1. The van der Waals surface area contributed by atoms with E-state index in [1.807, 2.05) is 52.0 Å². The number of thioether (sulfide) groups is 1. The molecule has 2 heterocycles. The Balaban J connectivity index is 1.80. The largest absolute Gasteiger partial charge is 0.353 e. The molecule has 0 bridgehead atoms. The summed E-state index contributed by atoms with van der Waals surface area (Å²) in [6.45, 7) is 8.02. The molecular weight excluding hydrogens is 394 g/mol. The van der Waals surface area contributed by atoms with Crippen LogP contribution in [0.5, 0.6) is 0 Å². The Bertz CT molecular complexity index is 1000. The number of benzene rings is 1. The zero-order valence-corrected chi connectivity index (χ0v) is 18.1. The Labute approximate surface area is 174 Å². The molecule has 0 aliphatic heterocycles. The second-order valence-corrected chi connectivity index (χ2v) is 8.22. The number of aromatic nitrogens is 4. The van der Waals surface area contributed by atoms with Crippen LogP contribution in [0, 0.1) is 13.8 Å². The number of hydrogen-bond donors (Lipinski definition) is 1. The monoisotopic (exact) mass is 417 g/mol. The predicted molar refractivity (Wildman–Crippen MR) is 113 cm³/mol. The summed E-state index contributed by atoms with van der Waals surface area (Å²) < 4.78 is 1.75. The van der Waals surface area contributed by atoms with E-state index in [0.29, 0.717) is 10.9 Å². The van der Waals surface area contributed by atoms with Gasteiger partial charge in [-0.05, 0) is 50.5 Å². The van der Waals surface area contributed by atoms with Gasteiger partial charge < -0.3 is 5.32 Å². The average molecular weight is 418 g/mol. The molecule has 0 saturated carbocycles. The van der Waals surface area contributed by atoms with Gasteiger partial charge in [-0.1, -0.05) is 42.4 Å². The topological polar surface area (TPSA) is 72.2 Å². The van der Waals surface area contributed by atoms with E-state index >= 15 is 0 Å². The van der Waals surface area contributed by atoms with Gasteiger partial charge >= 0.3 is 0 Å². The van der Waals surface area contributed by atoms with Crippen molar-refractivity contribution in [1.82, 2.24) is 24.9 Å². The lowest BCUT2D eigenvalue weighted by Gasteiger charge is -2.10. The minimum Gasteiger partial charge on any atom is -0.353 e. The highest BCUT2D eigenvalue weighted by atomic mass is 35.5. The Morgan fingerprint density at radius 1 is 1.32 bits per heavy atom. The van der Waals surface area contributed by atoms with E-state index in [0.717, 1.165) is 40.4 Å². The quantitative estimate of drug-likeness (QED) is 0.588. The fraction of sp³-hybridized carbons (Fsp3) is 0.400. The molecule has 6 nitrogen and oxygen atoms in total. The number of nitrogens with zero attached hydrogens (tertiary/aromatic N) is 4. The van der Waals surface area contributed by atoms with Gasteiger partial charge in [0.05, 0.1) is 5.75 Å². The summed E-state index contributed by atoms with van der Waals surface area (Å²) in [4.78, 5) is 21.1. The molecule has 0 unspecified atom stereocenters. The molecule has 0 aliphatic rings. The molecule has 1 atom stereocenters. The summed E-state index contributed by atoms with van der Waals surface area (Å²) in [5.41, 5.74) is 4.14. The average Bonchev–Trinajstić information content (AvgIpc) is 3.06. The van der Waals surface area contributed by atoms with Gasteiger partial charge in [-0.2, -0.15) is 4.98 Å². The number of carbonyl (C=O) groups excluding carboxylic acids is 1. The van der Waals surface area contributed by atoms with Crippen molar-refractivity contribution < 1.29 is 4.79 Å². The summed E-state index contributed by atoms with van der Waals surface area (Å²) in [6.07, 6.45) is 1.63. The zero-order chi connectivity index (χ0) is 20.3. The van der Waals surface area contributed by atoms with Gasteiger partial charge in [0, 0.05) is 28.9 Å². The van der Waals surface area contributed by atoms with E-state index in [-0.39, 0.29) is 17.7 Å². The molecule has 1 amide bonds. The smallest absolute Gasteiger partial charge is 0.253 e. The van der Waals surface area contributed by atoms with Crippen LogP contribution in [0.3, 0.4) is 0 Å². The number of hydrogen-bond acceptors (Lipinski definition) is 5. The maximum absolute atomic E-state index is 12.0. The van der Waals surface area contributed by atoms with Crippen molar-refractivity contribution in [2.24, 2.45) is 0 Å². The fourth-order valence-electron chi connectivity index (χ4n) is 2.91. The van der Waals surface area contributed by atoms with Crippen LogP contribution in [0.1, 0.15) is 42.8 Å². The van der Waals surface area contributed by atoms with Gasteiger partial charge in [0.1, 0.15) is 0 Å². The lowest BCUT2D eigenvalue weighted by atomic mass is 10.0. The van der Waals surface area contributed by atoms with E-state index in [4.69, 9.17) is 11.6 Å². The third-order valence-electron chi connectivity index (χ3n) is 4.65. The van der Waals surface area contributed by atoms with Crippen LogP contribution in [-0.4, -0.2) is 37.3 Å². The van der Waals surface area contributed by atoms with Crippen molar-refractivity contribution in [2.75, 3.05) is 5.75 Å². The number of halogens is 1. The molecule has 3 rings (SSSR count). The normalized spacial score (nSPS) is 12.3. The van der Waals surface area contributed by atoms with E-state index in [1.54, 1.807) is 4.52 Å². The molecule has 0 radical (unpaired) electrons. The van der Waals surface area contributed by atoms with E-state index in [9.17, 15) is 4.79 Å². The van der Waals surface area contributed by atoms with Gasteiger partial charge in [-0.25, -0.2) is 9.50 Å². The van der Waals surface area contributed by atoms with Crippen molar-refractivity contribution in [2.45, 2.75) is 51.7 Å². The summed E-state index contributed by atoms with van der Waals surface area (Å²) in [5.74, 6) is 0.824. The Morgan fingerprint density at radius 2 is 2.11 bits per heavy atom. The van der Waals surface area contributed by atoms with Crippen molar-refractivity contribution in [3.8, 4) is 0 Å². The first-order valence-corrected chi connectivity index (χ1v) is 10.6. The Hall–Kier alpha value is -2.12. The molecule has 0 fully saturated rings. The number of rotatable bonds is 7. The maximum Gasteiger partial charge on any atom is 0.253 e. The molecule has 3 aromatic rings. The molecule has 148 valence electrons. The van der Waals surface area contributed by atoms with E-state index in [1.165, 1.54) is 11.8 Å². The maximum atomic E-state index is 12.0. The molecule has 1 aromatic carbocycles. The summed E-state index contributed by atoms with van der Waals surface area (Å²) in [6, 6.07) is 7.99. The lowest BCUT2D eigenvalue weighted by Crippen LogP contribution is -2.33. The number of amides is 1. The number of nitrogens with one attached hydrogen (secondary N) is 1. The first-order chi connectivity index (χ1) is 13.4. The van der Waals surface area contributed by atoms with Gasteiger partial charge in [-0.3, -0.25) is 4.79 Å². The van der Waals surface area contributed by atoms with Gasteiger partial charge in [-0.15, -0.1) is 5.10 Å². The van der Waals surface area contributed by atoms with Crippen LogP contribution in [-0.2, 0) is 11.2 Å². The third-order valence-corrected chi connectivity index (χ3v) is 5.72. The molecule has 1 N–H and O–H groups in total. The second-order valence-electron chi connectivity index (χ2n) is 6.84. The summed E-state index contributed by atoms with van der Waals surface area (Å²) >= 11 is 7.43. The first-order valence-electron chi connectivity index (χ1n) is 9.26. The number of aryl methyl sites for hydroxylation is 2. The summed E-state index contributed by atoms with van der Waals surface area (Å²) in [7, 11) is 0. The molecule has 8 heteroatoms. The minimum atomic E-state index is -0.0132. The highest BCUT2D eigenvalue weighted by Gasteiger charge is 2.15. The molecular formula is C20H24ClN5OS. The highest BCUT2D eigenvalue weighted by Crippen LogP contribution is 2.21. The van der Waals surface area contributed by atoms with Gasteiger partial charge in [0.15, 0.2) is 0 Å². The highest BCUT2D eigenvalue weighted by molar-refractivity contribution is 7.99. The van der Waals surface area contributed by atoms with Crippen molar-refractivity contribution >= 4 is 35.0 Å². The van der Waals surface area contributed by atoms with Crippen molar-refractivity contribution in [3.63, 3.8) is 0 Å². The zero-order valence-electron chi connectivity index (χ0n) is 16.5.